The first-order chi connectivity index (χ1) is 15.6. The van der Waals surface area contributed by atoms with E-state index in [4.69, 9.17) is 11.6 Å². The minimum atomic E-state index is -0.334. The van der Waals surface area contributed by atoms with Gasteiger partial charge in [-0.2, -0.15) is 0 Å². The van der Waals surface area contributed by atoms with Gasteiger partial charge in [-0.3, -0.25) is 4.79 Å². The molecule has 0 saturated carbocycles. The molecule has 0 aliphatic carbocycles. The Hall–Kier alpha value is -2.39. The Balaban J connectivity index is 1.58. The molecule has 4 rings (SSSR count). The molecule has 2 heterocycles. The fourth-order valence-corrected chi connectivity index (χ4v) is 4.66. The van der Waals surface area contributed by atoms with E-state index in [0.29, 0.717) is 32.3 Å². The first-order valence-electron chi connectivity index (χ1n) is 9.47. The number of carbonyl (C=O) groups excluding carboxylic acids is 1. The predicted molar refractivity (Wildman–Crippen MR) is 134 cm³/mol. The van der Waals surface area contributed by atoms with Crippen LogP contribution in [-0.2, 0) is 5.75 Å². The highest BCUT2D eigenvalue weighted by Gasteiger charge is 2.18. The molecule has 0 aliphatic heterocycles. The molecule has 2 aromatic heterocycles. The normalized spacial score (nSPS) is 10.7. The molecule has 0 saturated heterocycles. The van der Waals surface area contributed by atoms with E-state index >= 15 is 0 Å². The molecule has 160 valence electrons. The lowest BCUT2D eigenvalue weighted by molar-refractivity contribution is 0.101. The van der Waals surface area contributed by atoms with Crippen molar-refractivity contribution in [3.8, 4) is 0 Å². The van der Waals surface area contributed by atoms with Crippen LogP contribution in [0.15, 0.2) is 98.5 Å². The molecule has 4 aromatic rings. The summed E-state index contributed by atoms with van der Waals surface area (Å²) in [4.78, 5) is 27.9. The van der Waals surface area contributed by atoms with Crippen molar-refractivity contribution >= 4 is 62.8 Å². The Kier molecular flexibility index (Phi) is 7.81. The molecular weight excluding hydrogens is 528 g/mol. The summed E-state index contributed by atoms with van der Waals surface area (Å²) in [6.45, 7) is 0. The van der Waals surface area contributed by atoms with Gasteiger partial charge in [0.05, 0.1) is 4.90 Å². The number of hydrogen-bond acceptors (Lipinski definition) is 6. The number of aromatic nitrogens is 3. The SMILES string of the molecule is O=C(Nc1ccccn1)c1nc(SCc2ccc(Cl)cc2)ncc1Sc1ccc(Br)cc1. The number of amides is 1. The number of anilines is 1. The number of hydrogen-bond donors (Lipinski definition) is 1. The zero-order chi connectivity index (χ0) is 22.3. The van der Waals surface area contributed by atoms with E-state index in [1.165, 1.54) is 23.5 Å². The Morgan fingerprint density at radius 2 is 1.78 bits per heavy atom. The third kappa shape index (κ3) is 6.32. The number of nitrogens with zero attached hydrogens (tertiary/aromatic N) is 3. The molecule has 1 amide bonds. The predicted octanol–water partition coefficient (Wildman–Crippen LogP) is 6.98. The van der Waals surface area contributed by atoms with Gasteiger partial charge in [0, 0.05) is 32.5 Å². The van der Waals surface area contributed by atoms with Crippen LogP contribution in [0.1, 0.15) is 16.1 Å². The van der Waals surface area contributed by atoms with Crippen molar-refractivity contribution in [2.45, 2.75) is 20.7 Å². The van der Waals surface area contributed by atoms with E-state index in [9.17, 15) is 4.79 Å². The van der Waals surface area contributed by atoms with Crippen molar-refractivity contribution in [1.82, 2.24) is 15.0 Å². The maximum Gasteiger partial charge on any atom is 0.276 e. The zero-order valence-electron chi connectivity index (χ0n) is 16.5. The summed E-state index contributed by atoms with van der Waals surface area (Å²) in [5, 5.41) is 4.03. The fraction of sp³-hybridized carbons (Fsp3) is 0.0435. The van der Waals surface area contributed by atoms with E-state index in [-0.39, 0.29) is 5.91 Å². The highest BCUT2D eigenvalue weighted by Crippen LogP contribution is 2.32. The van der Waals surface area contributed by atoms with Crippen LogP contribution in [-0.4, -0.2) is 20.9 Å². The van der Waals surface area contributed by atoms with E-state index in [0.717, 1.165) is 14.9 Å². The maximum absolute atomic E-state index is 13.1. The second kappa shape index (κ2) is 11.0. The number of pyridine rings is 1. The maximum atomic E-state index is 13.1. The monoisotopic (exact) mass is 542 g/mol. The number of benzene rings is 2. The summed E-state index contributed by atoms with van der Waals surface area (Å²) in [7, 11) is 0. The van der Waals surface area contributed by atoms with Gasteiger partial charge in [0.2, 0.25) is 0 Å². The van der Waals surface area contributed by atoms with E-state index in [2.05, 4.69) is 36.2 Å². The Bertz CT molecular complexity index is 1210. The lowest BCUT2D eigenvalue weighted by Gasteiger charge is -2.10. The fourth-order valence-electron chi connectivity index (χ4n) is 2.63. The van der Waals surface area contributed by atoms with Gasteiger partial charge in [0.15, 0.2) is 5.16 Å². The molecule has 0 atom stereocenters. The number of carbonyl (C=O) groups is 1. The van der Waals surface area contributed by atoms with Crippen molar-refractivity contribution in [3.05, 3.63) is 99.9 Å². The summed E-state index contributed by atoms with van der Waals surface area (Å²) in [6.07, 6.45) is 3.32. The highest BCUT2D eigenvalue weighted by molar-refractivity contribution is 9.10. The molecule has 5 nitrogen and oxygen atoms in total. The lowest BCUT2D eigenvalue weighted by Crippen LogP contribution is -2.16. The summed E-state index contributed by atoms with van der Waals surface area (Å²) in [5.41, 5.74) is 1.40. The molecule has 1 N–H and O–H groups in total. The van der Waals surface area contributed by atoms with Gasteiger partial charge < -0.3 is 5.32 Å². The number of rotatable bonds is 7. The number of thioether (sulfide) groups is 1. The van der Waals surface area contributed by atoms with Crippen molar-refractivity contribution in [2.24, 2.45) is 0 Å². The lowest BCUT2D eigenvalue weighted by atomic mass is 10.2. The molecular formula is C23H16BrClN4OS2. The van der Waals surface area contributed by atoms with Gasteiger partial charge in [-0.25, -0.2) is 15.0 Å². The van der Waals surface area contributed by atoms with Gasteiger partial charge in [-0.05, 0) is 54.1 Å². The van der Waals surface area contributed by atoms with Gasteiger partial charge in [0.1, 0.15) is 11.5 Å². The van der Waals surface area contributed by atoms with E-state index < -0.39 is 0 Å². The average Bonchev–Trinajstić information content (AvgIpc) is 2.81. The molecule has 2 aromatic carbocycles. The Morgan fingerprint density at radius 1 is 1.00 bits per heavy atom. The first kappa shape index (κ1) is 22.8. The largest absolute Gasteiger partial charge is 0.305 e. The topological polar surface area (TPSA) is 67.8 Å². The number of nitrogens with one attached hydrogen (secondary N) is 1. The average molecular weight is 544 g/mol. The van der Waals surface area contributed by atoms with Crippen LogP contribution < -0.4 is 5.32 Å². The minimum Gasteiger partial charge on any atom is -0.305 e. The minimum absolute atomic E-state index is 0.303. The third-order valence-corrected chi connectivity index (χ3v) is 6.92. The summed E-state index contributed by atoms with van der Waals surface area (Å²) in [6, 6.07) is 20.8. The van der Waals surface area contributed by atoms with E-state index in [1.54, 1.807) is 24.5 Å². The van der Waals surface area contributed by atoms with Crippen molar-refractivity contribution in [1.29, 1.82) is 0 Å². The molecule has 0 radical (unpaired) electrons. The van der Waals surface area contributed by atoms with Crippen LogP contribution in [0.3, 0.4) is 0 Å². The standard InChI is InChI=1S/C23H16BrClN4OS2/c24-16-6-10-18(11-7-16)32-19-13-27-23(31-14-15-4-8-17(25)9-5-15)29-21(19)22(30)28-20-3-1-2-12-26-20/h1-13H,14H2,(H,26,28,30). The summed E-state index contributed by atoms with van der Waals surface area (Å²) in [5.74, 6) is 0.794. The van der Waals surface area contributed by atoms with E-state index in [1.807, 2.05) is 54.6 Å². The second-order valence-electron chi connectivity index (χ2n) is 6.51. The molecule has 0 spiro atoms. The van der Waals surface area contributed by atoms with Gasteiger partial charge in [0.25, 0.3) is 5.91 Å². The summed E-state index contributed by atoms with van der Waals surface area (Å²) >= 11 is 12.3. The molecule has 0 unspecified atom stereocenters. The van der Waals surface area contributed by atoms with Gasteiger partial charge in [-0.1, -0.05) is 69.3 Å². The Labute approximate surface area is 207 Å². The number of halogens is 2. The van der Waals surface area contributed by atoms with Crippen LogP contribution in [0.4, 0.5) is 5.82 Å². The Morgan fingerprint density at radius 3 is 2.50 bits per heavy atom. The van der Waals surface area contributed by atoms with Crippen LogP contribution in [0.5, 0.6) is 0 Å². The van der Waals surface area contributed by atoms with Gasteiger partial charge in [-0.15, -0.1) is 0 Å². The molecule has 0 aliphatic rings. The molecule has 32 heavy (non-hydrogen) atoms. The summed E-state index contributed by atoms with van der Waals surface area (Å²) < 4.78 is 0.986. The van der Waals surface area contributed by atoms with Crippen molar-refractivity contribution in [2.75, 3.05) is 5.32 Å². The third-order valence-electron chi connectivity index (χ3n) is 4.18. The second-order valence-corrected chi connectivity index (χ2v) is 9.92. The van der Waals surface area contributed by atoms with Crippen molar-refractivity contribution < 1.29 is 4.79 Å². The smallest absolute Gasteiger partial charge is 0.276 e. The molecule has 0 fully saturated rings. The molecule has 9 heteroatoms. The quantitative estimate of drug-likeness (QED) is 0.200. The van der Waals surface area contributed by atoms with Crippen molar-refractivity contribution in [3.63, 3.8) is 0 Å². The first-order valence-corrected chi connectivity index (χ1v) is 12.4. The zero-order valence-corrected chi connectivity index (χ0v) is 20.5. The van der Waals surface area contributed by atoms with Crippen LogP contribution in [0.25, 0.3) is 0 Å². The van der Waals surface area contributed by atoms with Crippen LogP contribution in [0, 0.1) is 0 Å². The van der Waals surface area contributed by atoms with Gasteiger partial charge >= 0.3 is 0 Å². The molecule has 0 bridgehead atoms. The highest BCUT2D eigenvalue weighted by atomic mass is 79.9. The van der Waals surface area contributed by atoms with Crippen LogP contribution >= 0.6 is 51.1 Å². The van der Waals surface area contributed by atoms with Crippen LogP contribution in [0.2, 0.25) is 5.02 Å².